The SMILES string of the molecule is CC(C)C1CO1.CC1CO1.CCC1OC1(C)C. The summed E-state index contributed by atoms with van der Waals surface area (Å²) in [6.45, 7) is 14.8. The van der Waals surface area contributed by atoms with Gasteiger partial charge in [0.15, 0.2) is 0 Å². The minimum absolute atomic E-state index is 0.217. The lowest BCUT2D eigenvalue weighted by Gasteiger charge is -1.90. The van der Waals surface area contributed by atoms with Crippen molar-refractivity contribution in [2.24, 2.45) is 5.92 Å². The minimum Gasteiger partial charge on any atom is -0.373 e. The van der Waals surface area contributed by atoms with Crippen LogP contribution in [0.4, 0.5) is 0 Å². The fraction of sp³-hybridized carbons (Fsp3) is 1.00. The second-order valence-corrected chi connectivity index (χ2v) is 5.88. The van der Waals surface area contributed by atoms with E-state index in [9.17, 15) is 0 Å². The molecule has 3 nitrogen and oxygen atoms in total. The lowest BCUT2D eigenvalue weighted by molar-refractivity contribution is 0.322. The van der Waals surface area contributed by atoms with Crippen LogP contribution in [0.1, 0.15) is 48.0 Å². The molecule has 3 unspecified atom stereocenters. The van der Waals surface area contributed by atoms with Gasteiger partial charge in [-0.05, 0) is 33.1 Å². The van der Waals surface area contributed by atoms with Crippen molar-refractivity contribution in [3.05, 3.63) is 0 Å². The van der Waals surface area contributed by atoms with E-state index in [1.165, 1.54) is 0 Å². The highest BCUT2D eigenvalue weighted by Gasteiger charge is 2.45. The molecule has 3 heterocycles. The van der Waals surface area contributed by atoms with Gasteiger partial charge in [0, 0.05) is 0 Å². The second-order valence-electron chi connectivity index (χ2n) is 5.88. The van der Waals surface area contributed by atoms with Crippen LogP contribution in [-0.4, -0.2) is 37.1 Å². The van der Waals surface area contributed by atoms with Gasteiger partial charge in [-0.2, -0.15) is 0 Å². The van der Waals surface area contributed by atoms with Crippen LogP contribution in [-0.2, 0) is 14.2 Å². The summed E-state index contributed by atoms with van der Waals surface area (Å²) < 4.78 is 14.9. The molecule has 0 aromatic rings. The monoisotopic (exact) mass is 244 g/mol. The fourth-order valence-electron chi connectivity index (χ4n) is 1.44. The van der Waals surface area contributed by atoms with E-state index in [1.807, 2.05) is 0 Å². The summed E-state index contributed by atoms with van der Waals surface area (Å²) in [5.74, 6) is 0.741. The summed E-state index contributed by atoms with van der Waals surface area (Å²) in [6.07, 6.45) is 2.89. The van der Waals surface area contributed by atoms with E-state index in [0.29, 0.717) is 18.3 Å². The van der Waals surface area contributed by atoms with Crippen LogP contribution in [0, 0.1) is 5.92 Å². The summed E-state index contributed by atoms with van der Waals surface area (Å²) >= 11 is 0. The van der Waals surface area contributed by atoms with Gasteiger partial charge in [-0.3, -0.25) is 0 Å². The van der Waals surface area contributed by atoms with Crippen LogP contribution in [0.25, 0.3) is 0 Å². The van der Waals surface area contributed by atoms with Gasteiger partial charge < -0.3 is 14.2 Å². The fourth-order valence-corrected chi connectivity index (χ4v) is 1.44. The third-order valence-electron chi connectivity index (χ3n) is 3.14. The van der Waals surface area contributed by atoms with Crippen LogP contribution in [0.15, 0.2) is 0 Å². The van der Waals surface area contributed by atoms with Crippen molar-refractivity contribution in [3.63, 3.8) is 0 Å². The molecule has 0 bridgehead atoms. The van der Waals surface area contributed by atoms with Gasteiger partial charge >= 0.3 is 0 Å². The topological polar surface area (TPSA) is 37.6 Å². The van der Waals surface area contributed by atoms with E-state index in [2.05, 4.69) is 41.5 Å². The standard InChI is InChI=1S/C6H12O.C5H10O.C3H6O/c1-4-5-6(2,3)7-5;1-4(2)5-3-6-5;1-3-2-4-3/h5H,4H2,1-3H3;4-5H,3H2,1-2H3;3H,2H2,1H3. The molecule has 0 saturated carbocycles. The molecule has 3 rings (SSSR count). The van der Waals surface area contributed by atoms with E-state index in [-0.39, 0.29) is 5.60 Å². The Labute approximate surface area is 106 Å². The normalized spacial score (nSPS) is 35.1. The third-order valence-corrected chi connectivity index (χ3v) is 3.14. The van der Waals surface area contributed by atoms with Gasteiger partial charge in [-0.15, -0.1) is 0 Å². The summed E-state index contributed by atoms with van der Waals surface area (Å²) in [5.41, 5.74) is 0.217. The van der Waals surface area contributed by atoms with Gasteiger partial charge in [0.25, 0.3) is 0 Å². The largest absolute Gasteiger partial charge is 0.373 e. The average molecular weight is 244 g/mol. The minimum atomic E-state index is 0.217. The molecule has 3 atom stereocenters. The zero-order valence-electron chi connectivity index (χ0n) is 12.2. The molecule has 3 fully saturated rings. The molecule has 3 heteroatoms. The molecule has 0 spiro atoms. The summed E-state index contributed by atoms with van der Waals surface area (Å²) in [4.78, 5) is 0. The number of hydrogen-bond donors (Lipinski definition) is 0. The van der Waals surface area contributed by atoms with E-state index < -0.39 is 0 Å². The predicted molar refractivity (Wildman–Crippen MR) is 69.2 cm³/mol. The number of rotatable bonds is 2. The van der Waals surface area contributed by atoms with Crippen molar-refractivity contribution in [2.75, 3.05) is 13.2 Å². The highest BCUT2D eigenvalue weighted by molar-refractivity contribution is 4.93. The van der Waals surface area contributed by atoms with E-state index in [4.69, 9.17) is 14.2 Å². The molecule has 0 N–H and O–H groups in total. The van der Waals surface area contributed by atoms with Crippen LogP contribution in [0.2, 0.25) is 0 Å². The highest BCUT2D eigenvalue weighted by atomic mass is 16.6. The molecule has 0 aromatic carbocycles. The number of epoxide rings is 3. The molecule has 3 aliphatic heterocycles. The van der Waals surface area contributed by atoms with Crippen LogP contribution >= 0.6 is 0 Å². The summed E-state index contributed by atoms with van der Waals surface area (Å²) in [5, 5.41) is 0. The first kappa shape index (κ1) is 14.9. The first-order chi connectivity index (χ1) is 7.86. The Bertz CT molecular complexity index is 218. The Balaban J connectivity index is 0.000000132. The lowest BCUT2D eigenvalue weighted by Crippen LogP contribution is -2.00. The van der Waals surface area contributed by atoms with Gasteiger partial charge in [-0.25, -0.2) is 0 Å². The van der Waals surface area contributed by atoms with Crippen LogP contribution in [0.3, 0.4) is 0 Å². The van der Waals surface area contributed by atoms with Gasteiger partial charge in [-0.1, -0.05) is 20.8 Å². The van der Waals surface area contributed by atoms with E-state index >= 15 is 0 Å². The molecule has 102 valence electrons. The zero-order valence-corrected chi connectivity index (χ0v) is 12.2. The second kappa shape index (κ2) is 6.17. The Hall–Kier alpha value is -0.120. The Kier molecular flexibility index (Phi) is 5.42. The van der Waals surface area contributed by atoms with Crippen LogP contribution in [0.5, 0.6) is 0 Å². The molecule has 3 saturated heterocycles. The summed E-state index contributed by atoms with van der Waals surface area (Å²) in [6, 6.07) is 0. The van der Waals surface area contributed by atoms with E-state index in [0.717, 1.165) is 25.6 Å². The average Bonchev–Trinajstić information content (AvgIpc) is 3.05. The molecule has 0 aliphatic carbocycles. The quantitative estimate of drug-likeness (QED) is 0.701. The Morgan fingerprint density at radius 3 is 1.59 bits per heavy atom. The molecule has 0 amide bonds. The smallest absolute Gasteiger partial charge is 0.0892 e. The third kappa shape index (κ3) is 7.02. The van der Waals surface area contributed by atoms with Gasteiger partial charge in [0.05, 0.1) is 37.1 Å². The van der Waals surface area contributed by atoms with Crippen molar-refractivity contribution in [1.82, 2.24) is 0 Å². The highest BCUT2D eigenvalue weighted by Crippen LogP contribution is 2.36. The predicted octanol–water partition coefficient (Wildman–Crippen LogP) is 3.02. The molecule has 3 aliphatic rings. The first-order valence-electron chi connectivity index (χ1n) is 6.77. The molecule has 17 heavy (non-hydrogen) atoms. The van der Waals surface area contributed by atoms with Crippen molar-refractivity contribution in [3.8, 4) is 0 Å². The van der Waals surface area contributed by atoms with Crippen molar-refractivity contribution < 1.29 is 14.2 Å². The maximum atomic E-state index is 5.25. The number of hydrogen-bond acceptors (Lipinski definition) is 3. The van der Waals surface area contributed by atoms with Crippen molar-refractivity contribution in [2.45, 2.75) is 71.9 Å². The Morgan fingerprint density at radius 2 is 1.59 bits per heavy atom. The Morgan fingerprint density at radius 1 is 1.18 bits per heavy atom. The maximum Gasteiger partial charge on any atom is 0.0892 e. The van der Waals surface area contributed by atoms with Gasteiger partial charge in [0.1, 0.15) is 0 Å². The molecular formula is C14H28O3. The van der Waals surface area contributed by atoms with Crippen LogP contribution < -0.4 is 0 Å². The van der Waals surface area contributed by atoms with Gasteiger partial charge in [0.2, 0.25) is 0 Å². The number of ether oxygens (including phenoxy) is 3. The summed E-state index contributed by atoms with van der Waals surface area (Å²) in [7, 11) is 0. The molecule has 0 radical (unpaired) electrons. The first-order valence-corrected chi connectivity index (χ1v) is 6.77. The zero-order chi connectivity index (χ0) is 13.1. The maximum absolute atomic E-state index is 5.25. The van der Waals surface area contributed by atoms with Crippen molar-refractivity contribution >= 4 is 0 Å². The van der Waals surface area contributed by atoms with Crippen molar-refractivity contribution in [1.29, 1.82) is 0 Å². The van der Waals surface area contributed by atoms with E-state index in [1.54, 1.807) is 0 Å². The molecular weight excluding hydrogens is 216 g/mol. The lowest BCUT2D eigenvalue weighted by atomic mass is 10.1. The molecule has 0 aromatic heterocycles.